The molecule has 0 amide bonds. The summed E-state index contributed by atoms with van der Waals surface area (Å²) in [4.78, 5) is 0. The zero-order valence-corrected chi connectivity index (χ0v) is 12.0. The fourth-order valence-corrected chi connectivity index (χ4v) is 2.55. The molecule has 3 nitrogen and oxygen atoms in total. The first kappa shape index (κ1) is 15.9. The Hall–Kier alpha value is -1.43. The van der Waals surface area contributed by atoms with Crippen LogP contribution in [0.1, 0.15) is 32.6 Å². The zero-order valence-electron chi connectivity index (χ0n) is 12.0. The van der Waals surface area contributed by atoms with Gasteiger partial charge in [-0.1, -0.05) is 19.4 Å². The standard InChI is InChI=1S/C15H20F3NO2/c1-2-4-13-9-12(7-8-20-13)19-11-5-3-6-14(10-11)21-15(16,17)18/h3,5-6,10,12-13,19H,2,4,7-9H2,1H3. The maximum atomic E-state index is 12.2. The zero-order chi connectivity index (χ0) is 15.3. The van der Waals surface area contributed by atoms with Crippen LogP contribution in [0, 0.1) is 0 Å². The van der Waals surface area contributed by atoms with Crippen LogP contribution in [0.4, 0.5) is 18.9 Å². The highest BCUT2D eigenvalue weighted by Crippen LogP contribution is 2.27. The molecule has 0 radical (unpaired) electrons. The maximum Gasteiger partial charge on any atom is 0.573 e. The molecule has 0 aromatic heterocycles. The third-order valence-corrected chi connectivity index (χ3v) is 3.42. The van der Waals surface area contributed by atoms with Gasteiger partial charge in [-0.3, -0.25) is 0 Å². The van der Waals surface area contributed by atoms with Gasteiger partial charge in [-0.15, -0.1) is 13.2 Å². The summed E-state index contributed by atoms with van der Waals surface area (Å²) >= 11 is 0. The van der Waals surface area contributed by atoms with Crippen molar-refractivity contribution in [3.05, 3.63) is 24.3 Å². The SMILES string of the molecule is CCCC1CC(Nc2cccc(OC(F)(F)F)c2)CCO1. The summed E-state index contributed by atoms with van der Waals surface area (Å²) in [5.74, 6) is -0.204. The van der Waals surface area contributed by atoms with Crippen molar-refractivity contribution in [2.75, 3.05) is 11.9 Å². The van der Waals surface area contributed by atoms with E-state index in [1.165, 1.54) is 12.1 Å². The summed E-state index contributed by atoms with van der Waals surface area (Å²) in [7, 11) is 0. The highest BCUT2D eigenvalue weighted by atomic mass is 19.4. The van der Waals surface area contributed by atoms with Gasteiger partial charge in [0, 0.05) is 24.4 Å². The van der Waals surface area contributed by atoms with Crippen molar-refractivity contribution in [2.24, 2.45) is 0 Å². The van der Waals surface area contributed by atoms with Gasteiger partial charge >= 0.3 is 6.36 Å². The number of rotatable bonds is 5. The number of halogens is 3. The molecule has 0 aliphatic carbocycles. The quantitative estimate of drug-likeness (QED) is 0.877. The molecule has 1 aliphatic rings. The normalized spacial score (nSPS) is 22.9. The number of benzene rings is 1. The van der Waals surface area contributed by atoms with Crippen molar-refractivity contribution < 1.29 is 22.6 Å². The van der Waals surface area contributed by atoms with Crippen LogP contribution < -0.4 is 10.1 Å². The summed E-state index contributed by atoms with van der Waals surface area (Å²) in [5.41, 5.74) is 0.638. The number of hydrogen-bond donors (Lipinski definition) is 1. The van der Waals surface area contributed by atoms with E-state index in [4.69, 9.17) is 4.74 Å². The predicted molar refractivity (Wildman–Crippen MR) is 74.4 cm³/mol. The fraction of sp³-hybridized carbons (Fsp3) is 0.600. The van der Waals surface area contributed by atoms with Crippen LogP contribution in [0.25, 0.3) is 0 Å². The Balaban J connectivity index is 1.94. The van der Waals surface area contributed by atoms with Gasteiger partial charge in [-0.25, -0.2) is 0 Å². The molecule has 1 aromatic carbocycles. The molecule has 1 heterocycles. The molecule has 118 valence electrons. The van der Waals surface area contributed by atoms with Crippen molar-refractivity contribution in [1.82, 2.24) is 0 Å². The first-order chi connectivity index (χ1) is 9.96. The van der Waals surface area contributed by atoms with Gasteiger partial charge in [0.1, 0.15) is 5.75 Å². The largest absolute Gasteiger partial charge is 0.573 e. The topological polar surface area (TPSA) is 30.5 Å². The molecule has 2 rings (SSSR count). The van der Waals surface area contributed by atoms with Crippen LogP contribution in [-0.4, -0.2) is 25.1 Å². The van der Waals surface area contributed by atoms with Gasteiger partial charge in [0.15, 0.2) is 0 Å². The summed E-state index contributed by atoms with van der Waals surface area (Å²) in [5, 5.41) is 3.27. The Kier molecular flexibility index (Phi) is 5.33. The second-order valence-corrected chi connectivity index (χ2v) is 5.22. The van der Waals surface area contributed by atoms with Crippen LogP contribution in [0.3, 0.4) is 0 Å². The van der Waals surface area contributed by atoms with Gasteiger partial charge in [0.2, 0.25) is 0 Å². The predicted octanol–water partition coefficient (Wildman–Crippen LogP) is 4.34. The molecule has 2 atom stereocenters. The third-order valence-electron chi connectivity index (χ3n) is 3.42. The van der Waals surface area contributed by atoms with Gasteiger partial charge in [-0.05, 0) is 31.4 Å². The summed E-state index contributed by atoms with van der Waals surface area (Å²) in [6.07, 6.45) is -0.635. The lowest BCUT2D eigenvalue weighted by molar-refractivity contribution is -0.274. The van der Waals surface area contributed by atoms with Crippen LogP contribution in [0.2, 0.25) is 0 Å². The van der Waals surface area contributed by atoms with Crippen molar-refractivity contribution in [1.29, 1.82) is 0 Å². The minimum absolute atomic E-state index is 0.204. The molecule has 1 aromatic rings. The summed E-state index contributed by atoms with van der Waals surface area (Å²) in [6, 6.07) is 6.18. The monoisotopic (exact) mass is 303 g/mol. The number of ether oxygens (including phenoxy) is 2. The second kappa shape index (κ2) is 7.02. The average Bonchev–Trinajstić information content (AvgIpc) is 2.38. The lowest BCUT2D eigenvalue weighted by Crippen LogP contribution is -2.34. The molecule has 0 spiro atoms. The van der Waals surface area contributed by atoms with Crippen molar-refractivity contribution >= 4 is 5.69 Å². The average molecular weight is 303 g/mol. The number of nitrogens with one attached hydrogen (secondary N) is 1. The van der Waals surface area contributed by atoms with E-state index in [1.54, 1.807) is 12.1 Å². The summed E-state index contributed by atoms with van der Waals surface area (Å²) in [6.45, 7) is 2.79. The van der Waals surface area contributed by atoms with E-state index in [9.17, 15) is 13.2 Å². The molecular formula is C15H20F3NO2. The summed E-state index contributed by atoms with van der Waals surface area (Å²) < 4.78 is 46.2. The van der Waals surface area contributed by atoms with Gasteiger partial charge in [-0.2, -0.15) is 0 Å². The highest BCUT2D eigenvalue weighted by Gasteiger charge is 2.31. The van der Waals surface area contributed by atoms with E-state index in [0.29, 0.717) is 12.3 Å². The van der Waals surface area contributed by atoms with Crippen molar-refractivity contribution in [3.8, 4) is 5.75 Å². The molecular weight excluding hydrogens is 283 g/mol. The molecule has 0 saturated carbocycles. The molecule has 6 heteroatoms. The van der Waals surface area contributed by atoms with Crippen LogP contribution in [0.5, 0.6) is 5.75 Å². The first-order valence-electron chi connectivity index (χ1n) is 7.20. The molecule has 1 fully saturated rings. The lowest BCUT2D eigenvalue weighted by Gasteiger charge is -2.30. The molecule has 1 aliphatic heterocycles. The van der Waals surface area contributed by atoms with Crippen LogP contribution in [-0.2, 0) is 4.74 Å². The Labute approximate surface area is 122 Å². The van der Waals surface area contributed by atoms with Crippen LogP contribution >= 0.6 is 0 Å². The number of alkyl halides is 3. The van der Waals surface area contributed by atoms with Gasteiger partial charge in [0.05, 0.1) is 6.10 Å². The van der Waals surface area contributed by atoms with E-state index in [2.05, 4.69) is 17.0 Å². The Morgan fingerprint density at radius 2 is 2.19 bits per heavy atom. The van der Waals surface area contributed by atoms with Crippen molar-refractivity contribution in [2.45, 2.75) is 51.1 Å². The molecule has 1 N–H and O–H groups in total. The Bertz CT molecular complexity index is 449. The molecule has 21 heavy (non-hydrogen) atoms. The Morgan fingerprint density at radius 1 is 1.38 bits per heavy atom. The Morgan fingerprint density at radius 3 is 2.90 bits per heavy atom. The van der Waals surface area contributed by atoms with Gasteiger partial charge in [0.25, 0.3) is 0 Å². The van der Waals surface area contributed by atoms with Crippen molar-refractivity contribution in [3.63, 3.8) is 0 Å². The number of anilines is 1. The fourth-order valence-electron chi connectivity index (χ4n) is 2.55. The lowest BCUT2D eigenvalue weighted by atomic mass is 10.00. The van der Waals surface area contributed by atoms with E-state index in [0.717, 1.165) is 25.7 Å². The highest BCUT2D eigenvalue weighted by molar-refractivity contribution is 5.49. The first-order valence-corrected chi connectivity index (χ1v) is 7.20. The minimum Gasteiger partial charge on any atom is -0.406 e. The van der Waals surface area contributed by atoms with Gasteiger partial charge < -0.3 is 14.8 Å². The molecule has 0 bridgehead atoms. The van der Waals surface area contributed by atoms with E-state index >= 15 is 0 Å². The molecule has 1 saturated heterocycles. The third kappa shape index (κ3) is 5.46. The minimum atomic E-state index is -4.66. The maximum absolute atomic E-state index is 12.2. The smallest absolute Gasteiger partial charge is 0.406 e. The van der Waals surface area contributed by atoms with E-state index < -0.39 is 6.36 Å². The van der Waals surface area contributed by atoms with E-state index in [-0.39, 0.29) is 17.9 Å². The molecule has 2 unspecified atom stereocenters. The number of hydrogen-bond acceptors (Lipinski definition) is 3. The van der Waals surface area contributed by atoms with Crippen LogP contribution in [0.15, 0.2) is 24.3 Å². The second-order valence-electron chi connectivity index (χ2n) is 5.22. The van der Waals surface area contributed by atoms with E-state index in [1.807, 2.05) is 0 Å².